The van der Waals surface area contributed by atoms with Gasteiger partial charge in [-0.3, -0.25) is 0 Å². The van der Waals surface area contributed by atoms with Gasteiger partial charge in [-0.15, -0.1) is 11.3 Å². The van der Waals surface area contributed by atoms with Crippen molar-refractivity contribution in [1.29, 1.82) is 0 Å². The van der Waals surface area contributed by atoms with Gasteiger partial charge in [-0.1, -0.05) is 23.7 Å². The Balaban J connectivity index is 1.68. The van der Waals surface area contributed by atoms with Crippen molar-refractivity contribution >= 4 is 27.9 Å². The number of halogens is 1. The van der Waals surface area contributed by atoms with E-state index in [0.717, 1.165) is 27.8 Å². The maximum atomic E-state index is 5.92. The molecule has 7 heteroatoms. The maximum Gasteiger partial charge on any atom is 0.158 e. The summed E-state index contributed by atoms with van der Waals surface area (Å²) in [6.45, 7) is 0.555. The van der Waals surface area contributed by atoms with Crippen molar-refractivity contribution in [3.63, 3.8) is 0 Å². The molecule has 0 aliphatic rings. The topological polar surface area (TPSA) is 68.8 Å². The number of rotatable bonds is 6. The zero-order valence-corrected chi connectivity index (χ0v) is 14.3. The van der Waals surface area contributed by atoms with Gasteiger partial charge in [0.15, 0.2) is 5.82 Å². The number of thiophene rings is 1. The van der Waals surface area contributed by atoms with Crippen LogP contribution in [0.15, 0.2) is 42.0 Å². The van der Waals surface area contributed by atoms with E-state index in [2.05, 4.69) is 26.8 Å². The van der Waals surface area contributed by atoms with Crippen LogP contribution in [0.5, 0.6) is 0 Å². The van der Waals surface area contributed by atoms with Crippen LogP contribution < -0.4 is 11.1 Å². The molecule has 3 rings (SSSR count). The van der Waals surface area contributed by atoms with Gasteiger partial charge in [-0.05, 0) is 30.2 Å². The van der Waals surface area contributed by atoms with Crippen molar-refractivity contribution < 1.29 is 0 Å². The summed E-state index contributed by atoms with van der Waals surface area (Å²) in [7, 11) is 1.89. The highest BCUT2D eigenvalue weighted by molar-refractivity contribution is 7.14. The van der Waals surface area contributed by atoms with Crippen LogP contribution >= 0.6 is 22.9 Å². The summed E-state index contributed by atoms with van der Waals surface area (Å²) in [6, 6.07) is 10.1. The Labute approximate surface area is 144 Å². The first-order valence-corrected chi connectivity index (χ1v) is 8.55. The van der Waals surface area contributed by atoms with Gasteiger partial charge in [-0.2, -0.15) is 5.10 Å². The van der Waals surface area contributed by atoms with Crippen LogP contribution in [0.25, 0.3) is 11.4 Å². The Morgan fingerprint density at radius 3 is 2.78 bits per heavy atom. The summed E-state index contributed by atoms with van der Waals surface area (Å²) in [4.78, 5) is 4.27. The second-order valence-corrected chi connectivity index (χ2v) is 6.66. The van der Waals surface area contributed by atoms with Crippen molar-refractivity contribution in [2.24, 2.45) is 12.8 Å². The molecule has 23 heavy (non-hydrogen) atoms. The highest BCUT2D eigenvalue weighted by Gasteiger charge is 2.12. The Bertz CT molecular complexity index is 765. The lowest BCUT2D eigenvalue weighted by atomic mass is 10.1. The summed E-state index contributed by atoms with van der Waals surface area (Å²) < 4.78 is 1.76. The van der Waals surface area contributed by atoms with Gasteiger partial charge in [0.05, 0.1) is 5.00 Å². The molecule has 0 aliphatic heterocycles. The molecule has 0 spiro atoms. The van der Waals surface area contributed by atoms with E-state index in [1.807, 2.05) is 31.3 Å². The van der Waals surface area contributed by atoms with Crippen LogP contribution in [0.2, 0.25) is 5.02 Å². The quantitative estimate of drug-likeness (QED) is 0.718. The van der Waals surface area contributed by atoms with E-state index in [4.69, 9.17) is 17.3 Å². The number of aryl methyl sites for hydroxylation is 1. The van der Waals surface area contributed by atoms with Crippen LogP contribution in [0.4, 0.5) is 5.00 Å². The average molecular weight is 348 g/mol. The Morgan fingerprint density at radius 1 is 1.35 bits per heavy atom. The minimum atomic E-state index is 0.169. The molecule has 120 valence electrons. The van der Waals surface area contributed by atoms with Crippen molar-refractivity contribution in [3.8, 4) is 11.4 Å². The smallest absolute Gasteiger partial charge is 0.158 e. The summed E-state index contributed by atoms with van der Waals surface area (Å²) >= 11 is 7.57. The molecule has 0 bridgehead atoms. The van der Waals surface area contributed by atoms with Gasteiger partial charge in [0.2, 0.25) is 0 Å². The number of nitrogens with one attached hydrogen (secondary N) is 1. The molecule has 5 nitrogen and oxygen atoms in total. The normalized spacial score (nSPS) is 12.3. The van der Waals surface area contributed by atoms with Crippen LogP contribution in [0, 0.1) is 0 Å². The second kappa shape index (κ2) is 7.12. The molecule has 3 N–H and O–H groups in total. The van der Waals surface area contributed by atoms with E-state index in [1.165, 1.54) is 5.56 Å². The number of nitrogens with zero attached hydrogens (tertiary/aromatic N) is 3. The first-order valence-electron chi connectivity index (χ1n) is 7.29. The number of hydrogen-bond donors (Lipinski definition) is 2. The lowest BCUT2D eigenvalue weighted by Gasteiger charge is -2.17. The lowest BCUT2D eigenvalue weighted by Crippen LogP contribution is -2.30. The van der Waals surface area contributed by atoms with Gasteiger partial charge in [-0.25, -0.2) is 9.67 Å². The molecule has 2 heterocycles. The van der Waals surface area contributed by atoms with E-state index in [9.17, 15) is 0 Å². The number of nitrogens with two attached hydrogens (primary N) is 1. The fourth-order valence-corrected chi connectivity index (χ4v) is 3.37. The number of aromatic nitrogens is 3. The summed E-state index contributed by atoms with van der Waals surface area (Å²) in [5.74, 6) is 0.858. The minimum absolute atomic E-state index is 0.169. The monoisotopic (exact) mass is 347 g/mol. The van der Waals surface area contributed by atoms with Crippen molar-refractivity contribution in [1.82, 2.24) is 14.8 Å². The third kappa shape index (κ3) is 3.90. The average Bonchev–Trinajstić information content (AvgIpc) is 3.17. The standard InChI is InChI=1S/C16H18ClN5S/c1-22-16(19-10-20-22)12-7-15(23-9-12)21-14(8-18)6-11-2-4-13(17)5-3-11/h2-5,7,9-10,14,21H,6,8,18H2,1H3/t14-/m0/s1. The first-order chi connectivity index (χ1) is 11.2. The highest BCUT2D eigenvalue weighted by Crippen LogP contribution is 2.28. The third-order valence-electron chi connectivity index (χ3n) is 3.60. The summed E-state index contributed by atoms with van der Waals surface area (Å²) in [5.41, 5.74) is 8.18. The number of hydrogen-bond acceptors (Lipinski definition) is 5. The van der Waals surface area contributed by atoms with Crippen LogP contribution in [0.3, 0.4) is 0 Å². The molecular weight excluding hydrogens is 330 g/mol. The van der Waals surface area contributed by atoms with Gasteiger partial charge in [0.25, 0.3) is 0 Å². The predicted molar refractivity (Wildman–Crippen MR) is 95.9 cm³/mol. The van der Waals surface area contributed by atoms with Gasteiger partial charge >= 0.3 is 0 Å². The van der Waals surface area contributed by atoms with Crippen molar-refractivity contribution in [2.75, 3.05) is 11.9 Å². The number of benzene rings is 1. The predicted octanol–water partition coefficient (Wildman–Crippen LogP) is 3.18. The molecule has 0 fully saturated rings. The minimum Gasteiger partial charge on any atom is -0.373 e. The van der Waals surface area contributed by atoms with E-state index in [1.54, 1.807) is 22.3 Å². The molecule has 0 radical (unpaired) electrons. The summed E-state index contributed by atoms with van der Waals surface area (Å²) in [5, 5.41) is 11.5. The SMILES string of the molecule is Cn1ncnc1-c1csc(N[C@H](CN)Cc2ccc(Cl)cc2)c1. The molecule has 2 aromatic heterocycles. The second-order valence-electron chi connectivity index (χ2n) is 5.31. The zero-order chi connectivity index (χ0) is 16.2. The van der Waals surface area contributed by atoms with Crippen molar-refractivity contribution in [3.05, 3.63) is 52.6 Å². The molecule has 3 aromatic rings. The van der Waals surface area contributed by atoms with E-state index >= 15 is 0 Å². The lowest BCUT2D eigenvalue weighted by molar-refractivity contribution is 0.726. The molecule has 0 amide bonds. The first kappa shape index (κ1) is 16.0. The third-order valence-corrected chi connectivity index (χ3v) is 4.71. The summed E-state index contributed by atoms with van der Waals surface area (Å²) in [6.07, 6.45) is 2.41. The largest absolute Gasteiger partial charge is 0.373 e. The molecule has 1 atom stereocenters. The van der Waals surface area contributed by atoms with E-state index < -0.39 is 0 Å². The Kier molecular flexibility index (Phi) is 4.95. The maximum absolute atomic E-state index is 5.92. The molecule has 0 saturated heterocycles. The fraction of sp³-hybridized carbons (Fsp3) is 0.250. The Hall–Kier alpha value is -1.89. The van der Waals surface area contributed by atoms with Gasteiger partial charge in [0.1, 0.15) is 6.33 Å². The molecule has 0 aliphatic carbocycles. The van der Waals surface area contributed by atoms with Crippen molar-refractivity contribution in [2.45, 2.75) is 12.5 Å². The van der Waals surface area contributed by atoms with E-state index in [0.29, 0.717) is 6.54 Å². The molecule has 1 aromatic carbocycles. The van der Waals surface area contributed by atoms with Gasteiger partial charge < -0.3 is 11.1 Å². The molecular formula is C16H18ClN5S. The van der Waals surface area contributed by atoms with Gasteiger partial charge in [0, 0.05) is 35.6 Å². The van der Waals surface area contributed by atoms with E-state index in [-0.39, 0.29) is 6.04 Å². The molecule has 0 unspecified atom stereocenters. The fourth-order valence-electron chi connectivity index (χ4n) is 2.39. The molecule has 0 saturated carbocycles. The number of anilines is 1. The zero-order valence-electron chi connectivity index (χ0n) is 12.7. The highest BCUT2D eigenvalue weighted by atomic mass is 35.5. The Morgan fingerprint density at radius 2 is 2.13 bits per heavy atom. The van der Waals surface area contributed by atoms with Crippen LogP contribution in [-0.2, 0) is 13.5 Å². The van der Waals surface area contributed by atoms with Crippen LogP contribution in [0.1, 0.15) is 5.56 Å². The van der Waals surface area contributed by atoms with Crippen LogP contribution in [-0.4, -0.2) is 27.4 Å².